The average Bonchev–Trinajstić information content (AvgIpc) is 2.13. The van der Waals surface area contributed by atoms with E-state index in [0.29, 0.717) is 0 Å². The minimum atomic E-state index is 0.0344. The smallest absolute Gasteiger partial charge is 0.153 e. The highest BCUT2D eigenvalue weighted by molar-refractivity contribution is 5.24. The first kappa shape index (κ1) is 13.9. The molecule has 0 aliphatic carbocycles. The Balaban J connectivity index is 3.72. The highest BCUT2D eigenvalue weighted by Gasteiger charge is 2.26. The lowest BCUT2D eigenvalue weighted by atomic mass is 9.87. The van der Waals surface area contributed by atoms with Crippen LogP contribution in [0.5, 0.6) is 0 Å². The van der Waals surface area contributed by atoms with Crippen molar-refractivity contribution in [3.63, 3.8) is 0 Å². The van der Waals surface area contributed by atoms with Gasteiger partial charge in [0.25, 0.3) is 0 Å². The van der Waals surface area contributed by atoms with Gasteiger partial charge in [0, 0.05) is 29.3 Å². The van der Waals surface area contributed by atoms with Gasteiger partial charge in [-0.3, -0.25) is 4.99 Å². The quantitative estimate of drug-likeness (QED) is 0.680. The van der Waals surface area contributed by atoms with Crippen LogP contribution >= 0.6 is 0 Å². The van der Waals surface area contributed by atoms with Crippen molar-refractivity contribution in [2.75, 3.05) is 7.05 Å². The highest BCUT2D eigenvalue weighted by atomic mass is 15.1. The predicted molar refractivity (Wildman–Crippen MR) is 72.1 cm³/mol. The van der Waals surface area contributed by atoms with Crippen LogP contribution < -0.4 is 5.49 Å². The second-order valence-electron chi connectivity index (χ2n) is 6.56. The molecule has 0 N–H and O–H groups in total. The van der Waals surface area contributed by atoms with Crippen LogP contribution in [0.2, 0.25) is 0 Å². The van der Waals surface area contributed by atoms with E-state index in [1.54, 1.807) is 7.05 Å². The average molecular weight is 235 g/mol. The molecule has 96 valence electrons. The van der Waals surface area contributed by atoms with Gasteiger partial charge in [-0.15, -0.1) is 0 Å². The maximum Gasteiger partial charge on any atom is 0.153 e. The van der Waals surface area contributed by atoms with Crippen molar-refractivity contribution in [2.45, 2.75) is 59.4 Å². The molecule has 0 spiro atoms. The van der Waals surface area contributed by atoms with Crippen molar-refractivity contribution < 1.29 is 0 Å². The van der Waals surface area contributed by atoms with Crippen LogP contribution in [0.1, 0.15) is 52.8 Å². The molecule has 0 bridgehead atoms. The number of hydrogen-bond acceptors (Lipinski definition) is 2. The topological polar surface area (TPSA) is 30.2 Å². The Bertz CT molecular complexity index is 468. The molecule has 1 aromatic heterocycles. The summed E-state index contributed by atoms with van der Waals surface area (Å²) in [4.78, 5) is 8.68. The maximum atomic E-state index is 4.43. The summed E-state index contributed by atoms with van der Waals surface area (Å²) in [5.74, 6) is 0. The maximum absolute atomic E-state index is 4.43. The van der Waals surface area contributed by atoms with Crippen LogP contribution in [0.4, 0.5) is 0 Å². The fraction of sp³-hybridized carbons (Fsp3) is 0.714. The Kier molecular flexibility index (Phi) is 3.51. The summed E-state index contributed by atoms with van der Waals surface area (Å²) in [6.07, 6.45) is 1.91. The van der Waals surface area contributed by atoms with Gasteiger partial charge in [-0.25, -0.2) is 4.98 Å². The van der Waals surface area contributed by atoms with Crippen LogP contribution in [-0.4, -0.2) is 16.6 Å². The molecule has 0 amide bonds. The lowest BCUT2D eigenvalue weighted by Crippen LogP contribution is -2.35. The summed E-state index contributed by atoms with van der Waals surface area (Å²) in [5, 5.41) is 0. The monoisotopic (exact) mass is 235 g/mol. The number of rotatable bonds is 0. The molecule has 0 saturated heterocycles. The summed E-state index contributed by atoms with van der Waals surface area (Å²) in [6.45, 7) is 15.4. The van der Waals surface area contributed by atoms with Crippen LogP contribution in [0.3, 0.4) is 0 Å². The van der Waals surface area contributed by atoms with Crippen molar-refractivity contribution in [3.8, 4) is 0 Å². The molecular formula is C14H25N3. The molecule has 0 aliphatic rings. The second kappa shape index (κ2) is 4.28. The summed E-state index contributed by atoms with van der Waals surface area (Å²) in [5.41, 5.74) is 3.44. The fourth-order valence-corrected chi connectivity index (χ4v) is 2.21. The van der Waals surface area contributed by atoms with Crippen molar-refractivity contribution in [2.24, 2.45) is 4.99 Å². The van der Waals surface area contributed by atoms with Gasteiger partial charge >= 0.3 is 0 Å². The van der Waals surface area contributed by atoms with E-state index in [0.717, 1.165) is 5.49 Å². The molecule has 0 aromatic carbocycles. The van der Waals surface area contributed by atoms with Gasteiger partial charge in [0.15, 0.2) is 5.49 Å². The zero-order chi connectivity index (χ0) is 13.4. The highest BCUT2D eigenvalue weighted by Crippen LogP contribution is 2.27. The van der Waals surface area contributed by atoms with Gasteiger partial charge in [0.2, 0.25) is 0 Å². The van der Waals surface area contributed by atoms with Gasteiger partial charge in [-0.05, 0) is 27.7 Å². The van der Waals surface area contributed by atoms with Gasteiger partial charge in [0.1, 0.15) is 0 Å². The summed E-state index contributed by atoms with van der Waals surface area (Å²) in [6, 6.07) is 0. The zero-order valence-electron chi connectivity index (χ0n) is 12.4. The van der Waals surface area contributed by atoms with Crippen LogP contribution in [0, 0.1) is 6.92 Å². The number of nitrogens with zero attached hydrogens (tertiary/aromatic N) is 3. The number of hydrogen-bond donors (Lipinski definition) is 0. The van der Waals surface area contributed by atoms with Crippen LogP contribution in [-0.2, 0) is 11.0 Å². The van der Waals surface area contributed by atoms with Crippen molar-refractivity contribution in [1.29, 1.82) is 0 Å². The molecular weight excluding hydrogens is 210 g/mol. The molecule has 1 aromatic rings. The predicted octanol–water partition coefficient (Wildman–Crippen LogP) is 2.77. The van der Waals surface area contributed by atoms with E-state index in [9.17, 15) is 0 Å². The molecule has 1 heterocycles. The Labute approximate surface area is 105 Å². The van der Waals surface area contributed by atoms with Crippen LogP contribution in [0.15, 0.2) is 11.3 Å². The molecule has 0 atom stereocenters. The first-order chi connectivity index (χ1) is 7.59. The molecule has 17 heavy (non-hydrogen) atoms. The van der Waals surface area contributed by atoms with E-state index in [2.05, 4.69) is 63.0 Å². The van der Waals surface area contributed by atoms with E-state index in [1.807, 2.05) is 6.33 Å². The van der Waals surface area contributed by atoms with Crippen molar-refractivity contribution in [1.82, 2.24) is 9.55 Å². The summed E-state index contributed by atoms with van der Waals surface area (Å²) < 4.78 is 2.26. The molecule has 3 heteroatoms. The van der Waals surface area contributed by atoms with Gasteiger partial charge in [-0.1, -0.05) is 20.8 Å². The zero-order valence-corrected chi connectivity index (χ0v) is 12.4. The third kappa shape index (κ3) is 2.76. The second-order valence-corrected chi connectivity index (χ2v) is 6.56. The van der Waals surface area contributed by atoms with Crippen molar-refractivity contribution in [3.05, 3.63) is 23.1 Å². The Morgan fingerprint density at radius 2 is 1.65 bits per heavy atom. The molecule has 0 radical (unpaired) electrons. The molecule has 0 unspecified atom stereocenters. The van der Waals surface area contributed by atoms with Gasteiger partial charge in [0.05, 0.1) is 6.33 Å². The Morgan fingerprint density at radius 1 is 1.12 bits per heavy atom. The van der Waals surface area contributed by atoms with E-state index in [-0.39, 0.29) is 11.0 Å². The Morgan fingerprint density at radius 3 is 2.00 bits per heavy atom. The lowest BCUT2D eigenvalue weighted by Gasteiger charge is -2.33. The van der Waals surface area contributed by atoms with Gasteiger partial charge < -0.3 is 4.57 Å². The van der Waals surface area contributed by atoms with E-state index >= 15 is 0 Å². The van der Waals surface area contributed by atoms with E-state index in [4.69, 9.17) is 0 Å². The van der Waals surface area contributed by atoms with Crippen LogP contribution in [0.25, 0.3) is 0 Å². The SMILES string of the molecule is C/N=c1/ncn(C(C)(C)C)c(C(C)(C)C)c1C. The largest absolute Gasteiger partial charge is 0.330 e. The minimum absolute atomic E-state index is 0.0344. The summed E-state index contributed by atoms with van der Waals surface area (Å²) >= 11 is 0. The van der Waals surface area contributed by atoms with Crippen molar-refractivity contribution >= 4 is 0 Å². The lowest BCUT2D eigenvalue weighted by molar-refractivity contribution is 0.347. The summed E-state index contributed by atoms with van der Waals surface area (Å²) in [7, 11) is 1.79. The molecule has 0 saturated carbocycles. The third-order valence-electron chi connectivity index (χ3n) is 2.87. The molecule has 0 aliphatic heterocycles. The van der Waals surface area contributed by atoms with Gasteiger partial charge in [-0.2, -0.15) is 0 Å². The molecule has 1 rings (SSSR count). The standard InChI is InChI=1S/C14H25N3/c1-10-11(13(2,3)4)17(14(5,6)7)9-16-12(10)15-8/h9H,1-8H3/b15-12+. The molecule has 3 nitrogen and oxygen atoms in total. The fourth-order valence-electron chi connectivity index (χ4n) is 2.21. The number of aromatic nitrogens is 2. The normalized spacial score (nSPS) is 14.2. The van der Waals surface area contributed by atoms with E-state index < -0.39 is 0 Å². The third-order valence-corrected chi connectivity index (χ3v) is 2.87. The minimum Gasteiger partial charge on any atom is -0.330 e. The van der Waals surface area contributed by atoms with E-state index in [1.165, 1.54) is 11.3 Å². The Hall–Kier alpha value is -1.12. The first-order valence-electron chi connectivity index (χ1n) is 6.11. The first-order valence-corrected chi connectivity index (χ1v) is 6.11. The molecule has 0 fully saturated rings.